The van der Waals surface area contributed by atoms with Crippen LogP contribution >= 0.6 is 0 Å². The van der Waals surface area contributed by atoms with Crippen LogP contribution in [0.2, 0.25) is 0 Å². The highest BCUT2D eigenvalue weighted by Gasteiger charge is 2.53. The quantitative estimate of drug-likeness (QED) is 0.314. The van der Waals surface area contributed by atoms with Gasteiger partial charge in [0.1, 0.15) is 5.75 Å². The number of benzene rings is 3. The largest absolute Gasteiger partial charge is 0.494 e. The zero-order valence-electron chi connectivity index (χ0n) is 21.4. The molecule has 0 aromatic heterocycles. The standard InChI is InChI=1S/C31H36N2O4/c1-2-3-10-20-32-30(35)31(23-24-12-6-4-7-13-24)28(25-14-8-5-9-15-25)37-29(33-31)26-16-18-27(19-17-26)36-22-11-21-34/h4-9,12-19,28,34H,2-3,10-11,20-23H2,1H3,(H,32,35)/t28-,31-/m1/s1. The second kappa shape index (κ2) is 13.1. The molecule has 4 rings (SSSR count). The minimum absolute atomic E-state index is 0.0909. The van der Waals surface area contributed by atoms with Crippen LogP contribution in [0.15, 0.2) is 89.9 Å². The molecule has 3 aromatic rings. The molecule has 0 aliphatic carbocycles. The summed E-state index contributed by atoms with van der Waals surface area (Å²) in [6.45, 7) is 3.29. The molecule has 6 heteroatoms. The Kier molecular flexibility index (Phi) is 9.33. The number of aliphatic hydroxyl groups excluding tert-OH is 1. The number of hydrogen-bond donors (Lipinski definition) is 2. The first kappa shape index (κ1) is 26.4. The van der Waals surface area contributed by atoms with Crippen molar-refractivity contribution in [1.29, 1.82) is 0 Å². The zero-order valence-corrected chi connectivity index (χ0v) is 21.4. The predicted octanol–water partition coefficient (Wildman–Crippen LogP) is 5.25. The molecule has 0 fully saturated rings. The normalized spacial score (nSPS) is 18.6. The smallest absolute Gasteiger partial charge is 0.252 e. The number of nitrogens with one attached hydrogen (secondary N) is 1. The molecule has 2 atom stereocenters. The van der Waals surface area contributed by atoms with E-state index in [1.165, 1.54) is 0 Å². The van der Waals surface area contributed by atoms with Crippen LogP contribution in [0, 0.1) is 0 Å². The van der Waals surface area contributed by atoms with Crippen molar-refractivity contribution in [3.63, 3.8) is 0 Å². The summed E-state index contributed by atoms with van der Waals surface area (Å²) >= 11 is 0. The van der Waals surface area contributed by atoms with Crippen molar-refractivity contribution in [2.75, 3.05) is 19.8 Å². The lowest BCUT2D eigenvalue weighted by Crippen LogP contribution is -2.50. The number of carbonyl (C=O) groups excluding carboxylic acids is 1. The van der Waals surface area contributed by atoms with Crippen molar-refractivity contribution in [2.24, 2.45) is 4.99 Å². The molecule has 1 aliphatic heterocycles. The van der Waals surface area contributed by atoms with Crippen LogP contribution in [0.4, 0.5) is 0 Å². The van der Waals surface area contributed by atoms with Gasteiger partial charge in [-0.3, -0.25) is 4.79 Å². The van der Waals surface area contributed by atoms with Crippen LogP contribution in [0.5, 0.6) is 5.75 Å². The maximum Gasteiger partial charge on any atom is 0.252 e. The number of ether oxygens (including phenoxy) is 2. The molecule has 6 nitrogen and oxygen atoms in total. The second-order valence-electron chi connectivity index (χ2n) is 9.33. The molecule has 1 heterocycles. The van der Waals surface area contributed by atoms with Gasteiger partial charge in [0.15, 0.2) is 11.6 Å². The fourth-order valence-corrected chi connectivity index (χ4v) is 4.55. The first-order valence-corrected chi connectivity index (χ1v) is 13.1. The number of nitrogens with zero attached hydrogens (tertiary/aromatic N) is 1. The molecular weight excluding hydrogens is 464 g/mol. The minimum Gasteiger partial charge on any atom is -0.494 e. The lowest BCUT2D eigenvalue weighted by molar-refractivity contribution is -0.128. The third kappa shape index (κ3) is 6.57. The molecule has 0 radical (unpaired) electrons. The van der Waals surface area contributed by atoms with E-state index in [0.717, 1.165) is 36.0 Å². The molecule has 37 heavy (non-hydrogen) atoms. The van der Waals surface area contributed by atoms with Gasteiger partial charge in [0.2, 0.25) is 5.90 Å². The molecular formula is C31H36N2O4. The van der Waals surface area contributed by atoms with Gasteiger partial charge in [-0.05, 0) is 41.8 Å². The van der Waals surface area contributed by atoms with E-state index in [9.17, 15) is 4.79 Å². The van der Waals surface area contributed by atoms with Gasteiger partial charge < -0.3 is 19.9 Å². The van der Waals surface area contributed by atoms with Gasteiger partial charge in [-0.25, -0.2) is 4.99 Å². The van der Waals surface area contributed by atoms with Crippen molar-refractivity contribution in [1.82, 2.24) is 5.32 Å². The van der Waals surface area contributed by atoms with E-state index in [2.05, 4.69) is 12.2 Å². The molecule has 0 saturated carbocycles. The Morgan fingerprint density at radius 1 is 0.973 bits per heavy atom. The third-order valence-electron chi connectivity index (χ3n) is 6.51. The van der Waals surface area contributed by atoms with Gasteiger partial charge in [-0.15, -0.1) is 0 Å². The van der Waals surface area contributed by atoms with E-state index < -0.39 is 11.6 Å². The van der Waals surface area contributed by atoms with Crippen LogP contribution in [0.1, 0.15) is 55.4 Å². The van der Waals surface area contributed by atoms with Crippen molar-refractivity contribution < 1.29 is 19.4 Å². The monoisotopic (exact) mass is 500 g/mol. The van der Waals surface area contributed by atoms with Crippen molar-refractivity contribution >= 4 is 11.8 Å². The summed E-state index contributed by atoms with van der Waals surface area (Å²) in [5.74, 6) is 1.02. The van der Waals surface area contributed by atoms with Gasteiger partial charge >= 0.3 is 0 Å². The van der Waals surface area contributed by atoms with E-state index in [-0.39, 0.29) is 12.5 Å². The SMILES string of the molecule is CCCCCNC(=O)[C@]1(Cc2ccccc2)N=C(c2ccc(OCCCO)cc2)O[C@@H]1c1ccccc1. The maximum atomic E-state index is 14.0. The van der Waals surface area contributed by atoms with Crippen molar-refractivity contribution in [3.05, 3.63) is 102 Å². The number of carbonyl (C=O) groups is 1. The Bertz CT molecular complexity index is 1150. The first-order valence-electron chi connectivity index (χ1n) is 13.1. The van der Waals surface area contributed by atoms with Gasteiger partial charge in [0, 0.05) is 31.6 Å². The lowest BCUT2D eigenvalue weighted by atomic mass is 9.82. The van der Waals surface area contributed by atoms with Gasteiger partial charge in [0.05, 0.1) is 6.61 Å². The fourth-order valence-electron chi connectivity index (χ4n) is 4.55. The molecule has 1 amide bonds. The Morgan fingerprint density at radius 3 is 2.35 bits per heavy atom. The number of unbranched alkanes of at least 4 members (excludes halogenated alkanes) is 2. The van der Waals surface area contributed by atoms with Gasteiger partial charge in [0.25, 0.3) is 5.91 Å². The van der Waals surface area contributed by atoms with Gasteiger partial charge in [-0.1, -0.05) is 80.4 Å². The van der Waals surface area contributed by atoms with Crippen molar-refractivity contribution in [3.8, 4) is 5.75 Å². The molecule has 0 spiro atoms. The highest BCUT2D eigenvalue weighted by Crippen LogP contribution is 2.42. The molecule has 0 unspecified atom stereocenters. The molecule has 0 bridgehead atoms. The van der Waals surface area contributed by atoms with E-state index in [1.54, 1.807) is 0 Å². The average Bonchev–Trinajstić information content (AvgIpc) is 3.33. The summed E-state index contributed by atoms with van der Waals surface area (Å²) in [7, 11) is 0. The zero-order chi connectivity index (χ0) is 25.9. The lowest BCUT2D eigenvalue weighted by Gasteiger charge is -2.31. The van der Waals surface area contributed by atoms with Crippen LogP contribution in [-0.4, -0.2) is 42.2 Å². The Morgan fingerprint density at radius 2 is 1.68 bits per heavy atom. The fraction of sp³-hybridized carbons (Fsp3) is 0.355. The van der Waals surface area contributed by atoms with Crippen LogP contribution in [0.25, 0.3) is 0 Å². The topological polar surface area (TPSA) is 80.2 Å². The average molecular weight is 501 g/mol. The number of amides is 1. The highest BCUT2D eigenvalue weighted by molar-refractivity contribution is 6.01. The Hall–Kier alpha value is -3.64. The summed E-state index contributed by atoms with van der Waals surface area (Å²) in [5, 5.41) is 12.1. The van der Waals surface area contributed by atoms with E-state index in [0.29, 0.717) is 37.6 Å². The summed E-state index contributed by atoms with van der Waals surface area (Å²) in [5.41, 5.74) is 1.56. The number of aliphatic imine (C=N–C) groups is 1. The number of rotatable bonds is 13. The predicted molar refractivity (Wildman–Crippen MR) is 146 cm³/mol. The molecule has 0 saturated heterocycles. The second-order valence-corrected chi connectivity index (χ2v) is 9.33. The molecule has 2 N–H and O–H groups in total. The third-order valence-corrected chi connectivity index (χ3v) is 6.51. The molecule has 3 aromatic carbocycles. The van der Waals surface area contributed by atoms with E-state index >= 15 is 0 Å². The van der Waals surface area contributed by atoms with E-state index in [1.807, 2.05) is 84.9 Å². The Labute approximate surface area is 219 Å². The number of aliphatic hydroxyl groups is 1. The first-order chi connectivity index (χ1) is 18.2. The number of hydrogen-bond acceptors (Lipinski definition) is 5. The van der Waals surface area contributed by atoms with E-state index in [4.69, 9.17) is 19.6 Å². The highest BCUT2D eigenvalue weighted by atomic mass is 16.5. The van der Waals surface area contributed by atoms with Gasteiger partial charge in [-0.2, -0.15) is 0 Å². The maximum absolute atomic E-state index is 14.0. The molecule has 1 aliphatic rings. The summed E-state index contributed by atoms with van der Waals surface area (Å²) in [4.78, 5) is 19.0. The summed E-state index contributed by atoms with van der Waals surface area (Å²) < 4.78 is 12.2. The Balaban J connectivity index is 1.70. The van der Waals surface area contributed by atoms with Crippen LogP contribution in [-0.2, 0) is 16.0 Å². The van der Waals surface area contributed by atoms with Crippen molar-refractivity contribution in [2.45, 2.75) is 50.7 Å². The van der Waals surface area contributed by atoms with Crippen LogP contribution in [0.3, 0.4) is 0 Å². The minimum atomic E-state index is -1.15. The van der Waals surface area contributed by atoms with Crippen LogP contribution < -0.4 is 10.1 Å². The summed E-state index contributed by atoms with van der Waals surface area (Å²) in [6.07, 6.45) is 3.49. The summed E-state index contributed by atoms with van der Waals surface area (Å²) in [6, 6.07) is 27.4. The molecule has 194 valence electrons.